The van der Waals surface area contributed by atoms with Gasteiger partial charge < -0.3 is 10.1 Å². The lowest BCUT2D eigenvalue weighted by Crippen LogP contribution is -2.17. The number of hydrogen-bond acceptors (Lipinski definition) is 4. The van der Waals surface area contributed by atoms with E-state index in [0.717, 1.165) is 43.1 Å². The summed E-state index contributed by atoms with van der Waals surface area (Å²) < 4.78 is 5.55. The Bertz CT molecular complexity index is 510. The van der Waals surface area contributed by atoms with Crippen LogP contribution in [0.15, 0.2) is 30.3 Å². The standard InChI is InChI=1S/C16H24N4O/c1-13(2)12-21-10-6-9-17-11-15-16(19-20-18-15)14-7-4-3-5-8-14/h3-5,7-8,13,17H,6,9-12H2,1-2H3,(H,18,19,20). The lowest BCUT2D eigenvalue weighted by Gasteiger charge is -2.07. The Morgan fingerprint density at radius 2 is 2.00 bits per heavy atom. The van der Waals surface area contributed by atoms with Gasteiger partial charge in [0.2, 0.25) is 0 Å². The van der Waals surface area contributed by atoms with Crippen molar-refractivity contribution in [2.24, 2.45) is 5.92 Å². The van der Waals surface area contributed by atoms with E-state index >= 15 is 0 Å². The van der Waals surface area contributed by atoms with E-state index < -0.39 is 0 Å². The average molecular weight is 288 g/mol. The van der Waals surface area contributed by atoms with Gasteiger partial charge in [0.1, 0.15) is 11.4 Å². The van der Waals surface area contributed by atoms with Crippen molar-refractivity contribution in [3.8, 4) is 11.3 Å². The van der Waals surface area contributed by atoms with Crippen LogP contribution in [0.1, 0.15) is 26.0 Å². The molecule has 2 rings (SSSR count). The zero-order chi connectivity index (χ0) is 14.9. The zero-order valence-electron chi connectivity index (χ0n) is 12.8. The SMILES string of the molecule is CC(C)COCCCNCc1n[nH]nc1-c1ccccc1. The first-order valence-electron chi connectivity index (χ1n) is 7.51. The second-order valence-electron chi connectivity index (χ2n) is 5.48. The lowest BCUT2D eigenvalue weighted by atomic mass is 10.1. The van der Waals surface area contributed by atoms with E-state index in [2.05, 4.69) is 34.6 Å². The van der Waals surface area contributed by atoms with Crippen LogP contribution in [-0.2, 0) is 11.3 Å². The van der Waals surface area contributed by atoms with E-state index in [-0.39, 0.29) is 0 Å². The molecule has 1 heterocycles. The molecule has 0 atom stereocenters. The molecular weight excluding hydrogens is 264 g/mol. The molecule has 0 amide bonds. The minimum absolute atomic E-state index is 0.599. The molecule has 21 heavy (non-hydrogen) atoms. The molecule has 0 saturated carbocycles. The fraction of sp³-hybridized carbons (Fsp3) is 0.500. The Morgan fingerprint density at radius 3 is 2.76 bits per heavy atom. The van der Waals surface area contributed by atoms with Gasteiger partial charge in [-0.2, -0.15) is 15.4 Å². The molecule has 5 nitrogen and oxygen atoms in total. The summed E-state index contributed by atoms with van der Waals surface area (Å²) in [7, 11) is 0. The van der Waals surface area contributed by atoms with Crippen LogP contribution in [0.3, 0.4) is 0 Å². The predicted octanol–water partition coefficient (Wildman–Crippen LogP) is 2.62. The number of nitrogens with zero attached hydrogens (tertiary/aromatic N) is 2. The van der Waals surface area contributed by atoms with E-state index in [1.54, 1.807) is 0 Å². The quantitative estimate of drug-likeness (QED) is 0.696. The summed E-state index contributed by atoms with van der Waals surface area (Å²) in [5.74, 6) is 0.599. The van der Waals surface area contributed by atoms with E-state index in [0.29, 0.717) is 12.5 Å². The average Bonchev–Trinajstić information content (AvgIpc) is 2.95. The fourth-order valence-corrected chi connectivity index (χ4v) is 2.03. The molecule has 1 aromatic carbocycles. The van der Waals surface area contributed by atoms with Crippen molar-refractivity contribution in [3.05, 3.63) is 36.0 Å². The Balaban J connectivity index is 1.71. The van der Waals surface area contributed by atoms with Gasteiger partial charge in [0.05, 0.1) is 0 Å². The number of nitrogens with one attached hydrogen (secondary N) is 2. The van der Waals surface area contributed by atoms with Crippen LogP contribution in [0.25, 0.3) is 11.3 Å². The first-order valence-corrected chi connectivity index (χ1v) is 7.51. The van der Waals surface area contributed by atoms with E-state index in [1.165, 1.54) is 0 Å². The summed E-state index contributed by atoms with van der Waals surface area (Å²) in [6.45, 7) is 7.59. The first-order chi connectivity index (χ1) is 10.3. The van der Waals surface area contributed by atoms with Gasteiger partial charge in [-0.3, -0.25) is 0 Å². The maximum Gasteiger partial charge on any atom is 0.117 e. The molecule has 0 bridgehead atoms. The zero-order valence-corrected chi connectivity index (χ0v) is 12.8. The highest BCUT2D eigenvalue weighted by Crippen LogP contribution is 2.18. The molecular formula is C16H24N4O. The summed E-state index contributed by atoms with van der Waals surface area (Å²) >= 11 is 0. The minimum atomic E-state index is 0.599. The number of aromatic nitrogens is 3. The molecule has 2 N–H and O–H groups in total. The third-order valence-corrected chi connectivity index (χ3v) is 3.05. The summed E-state index contributed by atoms with van der Waals surface area (Å²) in [5.41, 5.74) is 2.95. The summed E-state index contributed by atoms with van der Waals surface area (Å²) in [4.78, 5) is 0. The van der Waals surface area contributed by atoms with E-state index in [4.69, 9.17) is 4.74 Å². The normalized spacial score (nSPS) is 11.2. The van der Waals surface area contributed by atoms with Gasteiger partial charge in [-0.15, -0.1) is 0 Å². The molecule has 2 aromatic rings. The number of benzene rings is 1. The first kappa shape index (κ1) is 15.7. The van der Waals surface area contributed by atoms with Gasteiger partial charge in [0, 0.05) is 25.3 Å². The van der Waals surface area contributed by atoms with Gasteiger partial charge >= 0.3 is 0 Å². The monoisotopic (exact) mass is 288 g/mol. The van der Waals surface area contributed by atoms with Crippen molar-refractivity contribution in [3.63, 3.8) is 0 Å². The summed E-state index contributed by atoms with van der Waals surface area (Å²) in [6, 6.07) is 10.1. The molecule has 0 spiro atoms. The van der Waals surface area contributed by atoms with Crippen molar-refractivity contribution in [2.75, 3.05) is 19.8 Å². The van der Waals surface area contributed by atoms with Crippen LogP contribution in [0.5, 0.6) is 0 Å². The molecule has 0 aliphatic carbocycles. The number of H-pyrrole nitrogens is 1. The molecule has 0 aliphatic heterocycles. The van der Waals surface area contributed by atoms with Gasteiger partial charge in [0.15, 0.2) is 0 Å². The van der Waals surface area contributed by atoms with Crippen LogP contribution in [0.2, 0.25) is 0 Å². The van der Waals surface area contributed by atoms with Crippen LogP contribution >= 0.6 is 0 Å². The summed E-state index contributed by atoms with van der Waals surface area (Å²) in [6.07, 6.45) is 1.01. The maximum atomic E-state index is 5.55. The van der Waals surface area contributed by atoms with Crippen LogP contribution in [-0.4, -0.2) is 35.2 Å². The molecule has 114 valence electrons. The highest BCUT2D eigenvalue weighted by molar-refractivity contribution is 5.60. The second kappa shape index (κ2) is 8.54. The molecule has 5 heteroatoms. The third-order valence-electron chi connectivity index (χ3n) is 3.05. The van der Waals surface area contributed by atoms with Crippen molar-refractivity contribution in [2.45, 2.75) is 26.8 Å². The Hall–Kier alpha value is -1.72. The minimum Gasteiger partial charge on any atom is -0.381 e. The fourth-order valence-electron chi connectivity index (χ4n) is 2.03. The Labute approximate surface area is 126 Å². The molecule has 1 aromatic heterocycles. The smallest absolute Gasteiger partial charge is 0.117 e. The van der Waals surface area contributed by atoms with E-state index in [9.17, 15) is 0 Å². The maximum absolute atomic E-state index is 5.55. The molecule has 0 fully saturated rings. The topological polar surface area (TPSA) is 62.8 Å². The third kappa shape index (κ3) is 5.28. The van der Waals surface area contributed by atoms with Gasteiger partial charge in [0.25, 0.3) is 0 Å². The molecule has 0 radical (unpaired) electrons. The Kier molecular flexibility index (Phi) is 6.37. The van der Waals surface area contributed by atoms with Crippen LogP contribution < -0.4 is 5.32 Å². The number of aromatic amines is 1. The van der Waals surface area contributed by atoms with E-state index in [1.807, 2.05) is 30.3 Å². The predicted molar refractivity (Wildman–Crippen MR) is 83.8 cm³/mol. The van der Waals surface area contributed by atoms with Crippen molar-refractivity contribution >= 4 is 0 Å². The molecule has 0 unspecified atom stereocenters. The van der Waals surface area contributed by atoms with Gasteiger partial charge in [-0.1, -0.05) is 44.2 Å². The lowest BCUT2D eigenvalue weighted by molar-refractivity contribution is 0.108. The largest absolute Gasteiger partial charge is 0.381 e. The van der Waals surface area contributed by atoms with Gasteiger partial charge in [-0.25, -0.2) is 0 Å². The number of ether oxygens (including phenoxy) is 1. The number of hydrogen-bond donors (Lipinski definition) is 2. The molecule has 0 aliphatic rings. The van der Waals surface area contributed by atoms with Crippen LogP contribution in [0, 0.1) is 5.92 Å². The van der Waals surface area contributed by atoms with Crippen molar-refractivity contribution in [1.29, 1.82) is 0 Å². The summed E-state index contributed by atoms with van der Waals surface area (Å²) in [5, 5.41) is 14.5. The molecule has 0 saturated heterocycles. The van der Waals surface area contributed by atoms with Crippen molar-refractivity contribution in [1.82, 2.24) is 20.7 Å². The highest BCUT2D eigenvalue weighted by atomic mass is 16.5. The Morgan fingerprint density at radius 1 is 1.19 bits per heavy atom. The number of rotatable bonds is 9. The van der Waals surface area contributed by atoms with Gasteiger partial charge in [-0.05, 0) is 18.9 Å². The highest BCUT2D eigenvalue weighted by Gasteiger charge is 2.08. The second-order valence-corrected chi connectivity index (χ2v) is 5.48. The van der Waals surface area contributed by atoms with Crippen molar-refractivity contribution < 1.29 is 4.74 Å². The van der Waals surface area contributed by atoms with Crippen LogP contribution in [0.4, 0.5) is 0 Å².